The summed E-state index contributed by atoms with van der Waals surface area (Å²) >= 11 is 0. The van der Waals surface area contributed by atoms with E-state index in [0.29, 0.717) is 0 Å². The lowest BCUT2D eigenvalue weighted by Crippen LogP contribution is -2.37. The van der Waals surface area contributed by atoms with Crippen molar-refractivity contribution in [2.45, 2.75) is 38.4 Å². The molecule has 0 aliphatic carbocycles. The van der Waals surface area contributed by atoms with Gasteiger partial charge in [-0.25, -0.2) is 0 Å². The van der Waals surface area contributed by atoms with Gasteiger partial charge in [0, 0.05) is 12.0 Å². The van der Waals surface area contributed by atoms with Crippen molar-refractivity contribution in [1.29, 1.82) is 0 Å². The summed E-state index contributed by atoms with van der Waals surface area (Å²) in [6, 6.07) is 5.07. The molecule has 21 heavy (non-hydrogen) atoms. The Morgan fingerprint density at radius 1 is 1.10 bits per heavy atom. The van der Waals surface area contributed by atoms with Crippen LogP contribution >= 0.6 is 0 Å². The molecule has 2 rings (SSSR count). The highest BCUT2D eigenvalue weighted by Crippen LogP contribution is 2.34. The summed E-state index contributed by atoms with van der Waals surface area (Å²) in [5.41, 5.74) is 0.131. The van der Waals surface area contributed by atoms with Crippen LogP contribution < -0.4 is 0 Å². The fraction of sp³-hybridized carbons (Fsp3) is 0.562. The zero-order chi connectivity index (χ0) is 15.5. The fourth-order valence-corrected chi connectivity index (χ4v) is 2.99. The van der Waals surface area contributed by atoms with Crippen molar-refractivity contribution in [3.05, 3.63) is 35.4 Å². The number of carbonyl (C=O) groups is 1. The van der Waals surface area contributed by atoms with Gasteiger partial charge < -0.3 is 4.79 Å². The number of halogens is 3. The second-order valence-electron chi connectivity index (χ2n) is 5.66. The van der Waals surface area contributed by atoms with Gasteiger partial charge in [0.2, 0.25) is 0 Å². The number of hydrogen-bond donors (Lipinski definition) is 0. The van der Waals surface area contributed by atoms with Crippen LogP contribution in [0.5, 0.6) is 0 Å². The molecule has 5 heteroatoms. The van der Waals surface area contributed by atoms with E-state index in [2.05, 4.69) is 4.90 Å². The quantitative estimate of drug-likeness (QED) is 0.781. The Bertz CT molecular complexity index is 463. The number of likely N-dealkylation sites (tertiary alicyclic amines) is 1. The molecule has 1 aromatic carbocycles. The van der Waals surface area contributed by atoms with E-state index < -0.39 is 11.7 Å². The van der Waals surface area contributed by atoms with Gasteiger partial charge in [0.1, 0.15) is 6.29 Å². The molecule has 0 N–H and O–H groups in total. The number of rotatable bonds is 4. The zero-order valence-electron chi connectivity index (χ0n) is 12.1. The zero-order valence-corrected chi connectivity index (χ0v) is 12.1. The molecule has 1 aliphatic heterocycles. The van der Waals surface area contributed by atoms with Crippen molar-refractivity contribution in [2.75, 3.05) is 13.1 Å². The first-order valence-corrected chi connectivity index (χ1v) is 7.30. The molecule has 1 saturated heterocycles. The minimum absolute atomic E-state index is 0.134. The van der Waals surface area contributed by atoms with Crippen LogP contribution in [-0.2, 0) is 11.0 Å². The molecule has 0 saturated carbocycles. The van der Waals surface area contributed by atoms with Crippen molar-refractivity contribution in [2.24, 2.45) is 5.92 Å². The number of benzene rings is 1. The molecule has 1 aromatic rings. The Morgan fingerprint density at radius 2 is 1.67 bits per heavy atom. The van der Waals surface area contributed by atoms with Crippen LogP contribution in [0, 0.1) is 5.92 Å². The molecule has 1 heterocycles. The number of aldehydes is 1. The van der Waals surface area contributed by atoms with Crippen LogP contribution in [0.25, 0.3) is 0 Å². The number of nitrogens with zero attached hydrogens (tertiary/aromatic N) is 1. The largest absolute Gasteiger partial charge is 0.416 e. The standard InChI is InChI=1S/C16H20F3NO/c1-12(11-21)15(20-9-3-2-4-10-20)13-5-7-14(8-6-13)16(17,18)19/h5-8,11-12,15H,2-4,9-10H2,1H3. The van der Waals surface area contributed by atoms with Crippen LogP contribution in [0.15, 0.2) is 24.3 Å². The lowest BCUT2D eigenvalue weighted by Gasteiger charge is -2.36. The van der Waals surface area contributed by atoms with Gasteiger partial charge >= 0.3 is 6.18 Å². The summed E-state index contributed by atoms with van der Waals surface area (Å²) in [5, 5.41) is 0. The molecule has 1 aliphatic rings. The third-order valence-corrected chi connectivity index (χ3v) is 4.08. The topological polar surface area (TPSA) is 20.3 Å². The molecular formula is C16H20F3NO. The van der Waals surface area contributed by atoms with E-state index in [1.54, 1.807) is 0 Å². The number of carbonyl (C=O) groups excluding carboxylic acids is 1. The van der Waals surface area contributed by atoms with Gasteiger partial charge in [0.05, 0.1) is 5.56 Å². The Balaban J connectivity index is 2.26. The summed E-state index contributed by atoms with van der Waals surface area (Å²) in [6.07, 6.45) is -0.122. The second kappa shape index (κ2) is 6.60. The van der Waals surface area contributed by atoms with Gasteiger partial charge in [-0.2, -0.15) is 13.2 Å². The predicted molar refractivity (Wildman–Crippen MR) is 74.8 cm³/mol. The number of alkyl halides is 3. The lowest BCUT2D eigenvalue weighted by atomic mass is 9.91. The molecule has 2 nitrogen and oxygen atoms in total. The molecule has 0 amide bonds. The van der Waals surface area contributed by atoms with Crippen molar-refractivity contribution in [1.82, 2.24) is 4.90 Å². The van der Waals surface area contributed by atoms with Gasteiger partial charge in [0.15, 0.2) is 0 Å². The maximum atomic E-state index is 12.6. The molecule has 0 spiro atoms. The van der Waals surface area contributed by atoms with Crippen molar-refractivity contribution in [3.63, 3.8) is 0 Å². The highest BCUT2D eigenvalue weighted by Gasteiger charge is 2.32. The highest BCUT2D eigenvalue weighted by atomic mass is 19.4. The van der Waals surface area contributed by atoms with Gasteiger partial charge in [-0.05, 0) is 43.6 Å². The Hall–Kier alpha value is -1.36. The van der Waals surface area contributed by atoms with Crippen LogP contribution in [0.3, 0.4) is 0 Å². The van der Waals surface area contributed by atoms with E-state index in [1.807, 2.05) is 6.92 Å². The van der Waals surface area contributed by atoms with Gasteiger partial charge in [0.25, 0.3) is 0 Å². The molecule has 2 atom stereocenters. The lowest BCUT2D eigenvalue weighted by molar-refractivity contribution is -0.137. The number of hydrogen-bond acceptors (Lipinski definition) is 2. The average Bonchev–Trinajstić information content (AvgIpc) is 2.48. The van der Waals surface area contributed by atoms with E-state index >= 15 is 0 Å². The maximum Gasteiger partial charge on any atom is 0.416 e. The Kier molecular flexibility index (Phi) is 5.04. The van der Waals surface area contributed by atoms with E-state index in [1.165, 1.54) is 18.6 Å². The molecule has 0 radical (unpaired) electrons. The molecule has 116 valence electrons. The third kappa shape index (κ3) is 3.84. The Labute approximate surface area is 122 Å². The molecule has 0 bridgehead atoms. The first-order chi connectivity index (χ1) is 9.93. The molecule has 2 unspecified atom stereocenters. The van der Waals surface area contributed by atoms with Gasteiger partial charge in [-0.15, -0.1) is 0 Å². The Morgan fingerprint density at radius 3 is 2.14 bits per heavy atom. The summed E-state index contributed by atoms with van der Waals surface area (Å²) in [7, 11) is 0. The van der Waals surface area contributed by atoms with Gasteiger partial charge in [-0.3, -0.25) is 4.90 Å². The van der Waals surface area contributed by atoms with Crippen LogP contribution in [0.4, 0.5) is 13.2 Å². The predicted octanol–water partition coefficient (Wildman–Crippen LogP) is 4.07. The molecular weight excluding hydrogens is 279 g/mol. The minimum atomic E-state index is -4.32. The smallest absolute Gasteiger partial charge is 0.303 e. The normalized spacial score (nSPS) is 20.0. The fourth-order valence-electron chi connectivity index (χ4n) is 2.99. The first kappa shape index (κ1) is 16.0. The third-order valence-electron chi connectivity index (χ3n) is 4.08. The summed E-state index contributed by atoms with van der Waals surface area (Å²) in [6.45, 7) is 3.61. The average molecular weight is 299 g/mol. The summed E-state index contributed by atoms with van der Waals surface area (Å²) < 4.78 is 37.9. The summed E-state index contributed by atoms with van der Waals surface area (Å²) in [4.78, 5) is 13.4. The van der Waals surface area contributed by atoms with Gasteiger partial charge in [-0.1, -0.05) is 25.5 Å². The molecule has 0 aromatic heterocycles. The van der Waals surface area contributed by atoms with Crippen LogP contribution in [0.1, 0.15) is 43.4 Å². The van der Waals surface area contributed by atoms with Crippen molar-refractivity contribution < 1.29 is 18.0 Å². The van der Waals surface area contributed by atoms with E-state index in [-0.39, 0.29) is 12.0 Å². The SMILES string of the molecule is CC(C=O)C(c1ccc(C(F)(F)F)cc1)N1CCCCC1. The van der Waals surface area contributed by atoms with Crippen molar-refractivity contribution in [3.8, 4) is 0 Å². The van der Waals surface area contributed by atoms with Crippen LogP contribution in [-0.4, -0.2) is 24.3 Å². The second-order valence-corrected chi connectivity index (χ2v) is 5.66. The summed E-state index contributed by atoms with van der Waals surface area (Å²) in [5.74, 6) is -0.236. The maximum absolute atomic E-state index is 12.6. The number of piperidine rings is 1. The minimum Gasteiger partial charge on any atom is -0.303 e. The van der Waals surface area contributed by atoms with E-state index in [9.17, 15) is 18.0 Å². The molecule has 1 fully saturated rings. The van der Waals surface area contributed by atoms with Crippen molar-refractivity contribution >= 4 is 6.29 Å². The monoisotopic (exact) mass is 299 g/mol. The van der Waals surface area contributed by atoms with E-state index in [4.69, 9.17) is 0 Å². The first-order valence-electron chi connectivity index (χ1n) is 7.30. The van der Waals surface area contributed by atoms with Crippen LogP contribution in [0.2, 0.25) is 0 Å². The highest BCUT2D eigenvalue weighted by molar-refractivity contribution is 5.55. The van der Waals surface area contributed by atoms with E-state index in [0.717, 1.165) is 49.9 Å².